The smallest absolute Gasteiger partial charge is 0.252 e. The first-order valence-corrected chi connectivity index (χ1v) is 8.43. The van der Waals surface area contributed by atoms with Gasteiger partial charge in [0.05, 0.1) is 5.56 Å². The van der Waals surface area contributed by atoms with Crippen LogP contribution in [0.5, 0.6) is 0 Å². The summed E-state index contributed by atoms with van der Waals surface area (Å²) in [4.78, 5) is 18.5. The van der Waals surface area contributed by atoms with Gasteiger partial charge in [0.1, 0.15) is 5.82 Å². The van der Waals surface area contributed by atoms with E-state index in [9.17, 15) is 4.79 Å². The van der Waals surface area contributed by atoms with Crippen molar-refractivity contribution in [1.29, 1.82) is 0 Å². The predicted octanol–water partition coefficient (Wildman–Crippen LogP) is 1.46. The summed E-state index contributed by atoms with van der Waals surface area (Å²) in [6, 6.07) is 1.90. The number of carbonyl (C=O) groups is 1. The zero-order chi connectivity index (χ0) is 15.6. The van der Waals surface area contributed by atoms with Gasteiger partial charge < -0.3 is 16.4 Å². The third-order valence-corrected chi connectivity index (χ3v) is 5.79. The lowest BCUT2D eigenvalue weighted by Gasteiger charge is -2.41. The number of hydrogen-bond acceptors (Lipinski definition) is 5. The minimum atomic E-state index is -0.407. The fraction of sp³-hybridized carbons (Fsp3) is 0.600. The number of carbonyl (C=O) groups excluding carboxylic acids is 1. The van der Waals surface area contributed by atoms with E-state index in [-0.39, 0.29) is 4.75 Å². The van der Waals surface area contributed by atoms with Gasteiger partial charge in [-0.05, 0) is 44.6 Å². The number of thioether (sulfide) groups is 1. The Morgan fingerprint density at radius 1 is 1.43 bits per heavy atom. The van der Waals surface area contributed by atoms with E-state index in [0.717, 1.165) is 43.0 Å². The molecule has 1 fully saturated rings. The van der Waals surface area contributed by atoms with E-state index in [1.165, 1.54) is 0 Å². The summed E-state index contributed by atoms with van der Waals surface area (Å²) in [5.74, 6) is 0.322. The lowest BCUT2D eigenvalue weighted by molar-refractivity contribution is 0.1000. The monoisotopic (exact) mass is 308 g/mol. The van der Waals surface area contributed by atoms with Crippen LogP contribution in [0.15, 0.2) is 6.07 Å². The Bertz CT molecular complexity index is 533. The number of pyridine rings is 1. The van der Waals surface area contributed by atoms with Crippen LogP contribution in [-0.2, 0) is 0 Å². The largest absolute Gasteiger partial charge is 0.365 e. The molecule has 0 aromatic carbocycles. The molecule has 0 aliphatic carbocycles. The van der Waals surface area contributed by atoms with Crippen LogP contribution in [-0.4, -0.2) is 41.5 Å². The average molecular weight is 308 g/mol. The lowest BCUT2D eigenvalue weighted by atomic mass is 9.95. The highest BCUT2D eigenvalue weighted by molar-refractivity contribution is 8.00. The third-order valence-electron chi connectivity index (χ3n) is 4.35. The molecule has 0 spiro atoms. The SMILES string of the molecule is CSC1(CN)CCN(c2nc(C)cc(C)c2C(N)=O)CC1. The Morgan fingerprint density at radius 3 is 2.52 bits per heavy atom. The van der Waals surface area contributed by atoms with Crippen molar-refractivity contribution >= 4 is 23.5 Å². The molecule has 21 heavy (non-hydrogen) atoms. The number of hydrogen-bond donors (Lipinski definition) is 2. The van der Waals surface area contributed by atoms with Crippen LogP contribution >= 0.6 is 11.8 Å². The molecule has 2 heterocycles. The Kier molecular flexibility index (Phi) is 4.78. The summed E-state index contributed by atoms with van der Waals surface area (Å²) in [7, 11) is 0. The number of nitrogens with zero attached hydrogens (tertiary/aromatic N) is 2. The fourth-order valence-corrected chi connectivity index (χ4v) is 3.73. The number of aryl methyl sites for hydroxylation is 2. The number of nitrogens with two attached hydrogens (primary N) is 2. The molecule has 0 saturated carbocycles. The Morgan fingerprint density at radius 2 is 2.05 bits per heavy atom. The van der Waals surface area contributed by atoms with Crippen LogP contribution in [0.25, 0.3) is 0 Å². The quantitative estimate of drug-likeness (QED) is 0.879. The van der Waals surface area contributed by atoms with E-state index in [1.807, 2.05) is 31.7 Å². The minimum Gasteiger partial charge on any atom is -0.365 e. The van der Waals surface area contributed by atoms with Crippen LogP contribution in [0.1, 0.15) is 34.5 Å². The molecular formula is C15H24N4OS. The molecule has 1 saturated heterocycles. The summed E-state index contributed by atoms with van der Waals surface area (Å²) >= 11 is 1.84. The molecule has 0 unspecified atom stereocenters. The number of amides is 1. The standard InChI is InChI=1S/C15H24N4OS/c1-10-8-11(2)18-14(12(10)13(17)20)19-6-4-15(9-16,21-3)5-7-19/h8H,4-7,9,16H2,1-3H3,(H2,17,20). The van der Waals surface area contributed by atoms with Gasteiger partial charge in [0.25, 0.3) is 5.91 Å². The van der Waals surface area contributed by atoms with E-state index in [2.05, 4.69) is 16.1 Å². The summed E-state index contributed by atoms with van der Waals surface area (Å²) in [6.45, 7) is 6.25. The molecule has 4 N–H and O–H groups in total. The van der Waals surface area contributed by atoms with Gasteiger partial charge in [-0.3, -0.25) is 4.79 Å². The molecule has 0 bridgehead atoms. The van der Waals surface area contributed by atoms with E-state index in [1.54, 1.807) is 0 Å². The summed E-state index contributed by atoms with van der Waals surface area (Å²) in [5, 5.41) is 0. The summed E-state index contributed by atoms with van der Waals surface area (Å²) in [5.41, 5.74) is 13.8. The van der Waals surface area contributed by atoms with Crippen molar-refractivity contribution in [2.45, 2.75) is 31.4 Å². The number of primary amides is 1. The number of rotatable bonds is 4. The van der Waals surface area contributed by atoms with Crippen molar-refractivity contribution in [3.8, 4) is 0 Å². The highest BCUT2D eigenvalue weighted by Gasteiger charge is 2.34. The summed E-state index contributed by atoms with van der Waals surface area (Å²) < 4.78 is 0.155. The molecular weight excluding hydrogens is 284 g/mol. The van der Waals surface area contributed by atoms with Crippen molar-refractivity contribution in [2.75, 3.05) is 30.8 Å². The third kappa shape index (κ3) is 3.16. The van der Waals surface area contributed by atoms with Crippen molar-refractivity contribution in [3.05, 3.63) is 22.9 Å². The molecule has 0 radical (unpaired) electrons. The molecule has 1 aliphatic rings. The van der Waals surface area contributed by atoms with Gasteiger partial charge in [0, 0.05) is 30.1 Å². The predicted molar refractivity (Wildman–Crippen MR) is 89.0 cm³/mol. The Labute approximate surface area is 130 Å². The second-order valence-corrected chi connectivity index (χ2v) is 7.00. The summed E-state index contributed by atoms with van der Waals surface area (Å²) in [6.07, 6.45) is 4.11. The van der Waals surface area contributed by atoms with E-state index in [0.29, 0.717) is 12.1 Å². The maximum Gasteiger partial charge on any atom is 0.252 e. The van der Waals surface area contributed by atoms with Gasteiger partial charge in [-0.2, -0.15) is 11.8 Å². The van der Waals surface area contributed by atoms with Gasteiger partial charge in [-0.15, -0.1) is 0 Å². The molecule has 5 nitrogen and oxygen atoms in total. The number of piperidine rings is 1. The first kappa shape index (κ1) is 16.1. The van der Waals surface area contributed by atoms with Gasteiger partial charge in [-0.1, -0.05) is 0 Å². The van der Waals surface area contributed by atoms with Crippen LogP contribution in [0, 0.1) is 13.8 Å². The van der Waals surface area contributed by atoms with Crippen LogP contribution in [0.2, 0.25) is 0 Å². The average Bonchev–Trinajstić information content (AvgIpc) is 2.46. The number of anilines is 1. The maximum atomic E-state index is 11.8. The van der Waals surface area contributed by atoms with Crippen molar-refractivity contribution in [2.24, 2.45) is 11.5 Å². The van der Waals surface area contributed by atoms with Crippen molar-refractivity contribution < 1.29 is 4.79 Å². The van der Waals surface area contributed by atoms with Crippen LogP contribution in [0.3, 0.4) is 0 Å². The fourth-order valence-electron chi connectivity index (χ4n) is 2.97. The molecule has 0 atom stereocenters. The van der Waals surface area contributed by atoms with E-state index in [4.69, 9.17) is 11.5 Å². The normalized spacial score (nSPS) is 17.8. The number of aromatic nitrogens is 1. The molecule has 1 aromatic rings. The first-order valence-electron chi connectivity index (χ1n) is 7.20. The van der Waals surface area contributed by atoms with Crippen molar-refractivity contribution in [3.63, 3.8) is 0 Å². The minimum absolute atomic E-state index is 0.155. The molecule has 1 aromatic heterocycles. The first-order chi connectivity index (χ1) is 9.92. The molecule has 116 valence electrons. The van der Waals surface area contributed by atoms with Gasteiger partial charge in [0.2, 0.25) is 0 Å². The topological polar surface area (TPSA) is 85.2 Å². The van der Waals surface area contributed by atoms with Crippen molar-refractivity contribution in [1.82, 2.24) is 4.98 Å². The lowest BCUT2D eigenvalue weighted by Crippen LogP contribution is -2.47. The van der Waals surface area contributed by atoms with E-state index >= 15 is 0 Å². The molecule has 1 aliphatic heterocycles. The van der Waals surface area contributed by atoms with Gasteiger partial charge in [0.15, 0.2) is 0 Å². The zero-order valence-corrected chi connectivity index (χ0v) is 13.8. The molecule has 2 rings (SSSR count). The maximum absolute atomic E-state index is 11.8. The Balaban J connectivity index is 2.30. The van der Waals surface area contributed by atoms with E-state index < -0.39 is 5.91 Å². The van der Waals surface area contributed by atoms with Crippen LogP contribution < -0.4 is 16.4 Å². The molecule has 6 heteroatoms. The second-order valence-electron chi connectivity index (χ2n) is 5.72. The second kappa shape index (κ2) is 6.23. The zero-order valence-electron chi connectivity index (χ0n) is 13.0. The van der Waals surface area contributed by atoms with Gasteiger partial charge >= 0.3 is 0 Å². The highest BCUT2D eigenvalue weighted by atomic mass is 32.2. The highest BCUT2D eigenvalue weighted by Crippen LogP contribution is 2.35. The van der Waals surface area contributed by atoms with Gasteiger partial charge in [-0.25, -0.2) is 4.98 Å². The van der Waals surface area contributed by atoms with Crippen LogP contribution in [0.4, 0.5) is 5.82 Å². The Hall–Kier alpha value is -1.27. The molecule has 1 amide bonds.